The van der Waals surface area contributed by atoms with Crippen LogP contribution in [0.5, 0.6) is 5.75 Å². The molecule has 0 N–H and O–H groups in total. The van der Waals surface area contributed by atoms with Crippen LogP contribution in [0.25, 0.3) is 0 Å². The van der Waals surface area contributed by atoms with Crippen LogP contribution in [0.3, 0.4) is 0 Å². The number of benzene rings is 2. The van der Waals surface area contributed by atoms with Gasteiger partial charge in [-0.3, -0.25) is 14.4 Å². The molecule has 1 aliphatic rings. The lowest BCUT2D eigenvalue weighted by molar-refractivity contribution is -0.139. The van der Waals surface area contributed by atoms with E-state index in [2.05, 4.69) is 0 Å². The lowest BCUT2D eigenvalue weighted by atomic mass is 10.1. The highest BCUT2D eigenvalue weighted by Crippen LogP contribution is 2.28. The normalized spacial score (nSPS) is 14.7. The molecule has 0 aromatic heterocycles. The van der Waals surface area contributed by atoms with Gasteiger partial charge in [-0.05, 0) is 43.3 Å². The van der Waals surface area contributed by atoms with Crippen molar-refractivity contribution in [3.05, 3.63) is 59.7 Å². The SMILES string of the molecule is COC(=O)C(C)Sc1ccccc1C(=O)N1CCN(C(=O)c2ccc(OC)cc2)CC1. The number of ether oxygens (including phenoxy) is 2. The maximum atomic E-state index is 13.1. The minimum absolute atomic E-state index is 0.0578. The van der Waals surface area contributed by atoms with Crippen LogP contribution in [0.15, 0.2) is 53.4 Å². The Morgan fingerprint density at radius 1 is 0.871 bits per heavy atom. The molecule has 7 nitrogen and oxygen atoms in total. The average Bonchev–Trinajstić information content (AvgIpc) is 2.83. The third-order valence-corrected chi connectivity index (χ3v) is 6.30. The Morgan fingerprint density at radius 2 is 1.45 bits per heavy atom. The van der Waals surface area contributed by atoms with Crippen molar-refractivity contribution in [2.75, 3.05) is 40.4 Å². The van der Waals surface area contributed by atoms with E-state index in [-0.39, 0.29) is 17.8 Å². The fourth-order valence-corrected chi connectivity index (χ4v) is 4.36. The number of piperazine rings is 1. The van der Waals surface area contributed by atoms with Gasteiger partial charge in [0.2, 0.25) is 0 Å². The zero-order valence-corrected chi connectivity index (χ0v) is 18.7. The molecule has 0 saturated carbocycles. The third-order valence-electron chi connectivity index (χ3n) is 5.15. The van der Waals surface area contributed by atoms with Gasteiger partial charge in [-0.25, -0.2) is 0 Å². The number of thioether (sulfide) groups is 1. The monoisotopic (exact) mass is 442 g/mol. The van der Waals surface area contributed by atoms with E-state index in [4.69, 9.17) is 9.47 Å². The second-order valence-corrected chi connectivity index (χ2v) is 8.47. The zero-order chi connectivity index (χ0) is 22.4. The summed E-state index contributed by atoms with van der Waals surface area (Å²) in [4.78, 5) is 41.9. The Bertz CT molecular complexity index is 939. The maximum Gasteiger partial charge on any atom is 0.318 e. The first kappa shape index (κ1) is 22.7. The second kappa shape index (κ2) is 10.3. The first-order valence-corrected chi connectivity index (χ1v) is 10.9. The van der Waals surface area contributed by atoms with Crippen molar-refractivity contribution < 1.29 is 23.9 Å². The first-order chi connectivity index (χ1) is 14.9. The summed E-state index contributed by atoms with van der Waals surface area (Å²) in [5.74, 6) is 0.206. The van der Waals surface area contributed by atoms with Crippen LogP contribution in [0.1, 0.15) is 27.6 Å². The van der Waals surface area contributed by atoms with E-state index in [0.29, 0.717) is 43.1 Å². The molecule has 3 rings (SSSR count). The molecule has 0 spiro atoms. The quantitative estimate of drug-likeness (QED) is 0.506. The fourth-order valence-electron chi connectivity index (χ4n) is 3.35. The Balaban J connectivity index is 1.64. The number of amides is 2. The van der Waals surface area contributed by atoms with Gasteiger partial charge < -0.3 is 19.3 Å². The molecule has 2 amide bonds. The van der Waals surface area contributed by atoms with Crippen molar-refractivity contribution in [2.24, 2.45) is 0 Å². The number of nitrogens with zero attached hydrogens (tertiary/aromatic N) is 2. The predicted octanol–water partition coefficient (Wildman–Crippen LogP) is 2.95. The molecule has 0 radical (unpaired) electrons. The van der Waals surface area contributed by atoms with Crippen molar-refractivity contribution >= 4 is 29.5 Å². The Kier molecular flexibility index (Phi) is 7.57. The van der Waals surface area contributed by atoms with Crippen LogP contribution in [-0.4, -0.2) is 73.2 Å². The molecule has 8 heteroatoms. The van der Waals surface area contributed by atoms with Gasteiger partial charge in [0.1, 0.15) is 11.0 Å². The summed E-state index contributed by atoms with van der Waals surface area (Å²) in [7, 11) is 2.93. The second-order valence-electron chi connectivity index (χ2n) is 7.09. The minimum atomic E-state index is -0.419. The Labute approximate surface area is 186 Å². The molecule has 2 aromatic rings. The number of carbonyl (C=O) groups excluding carboxylic acids is 3. The molecule has 1 unspecified atom stereocenters. The van der Waals surface area contributed by atoms with Crippen LogP contribution in [0, 0.1) is 0 Å². The molecule has 2 aromatic carbocycles. The molecule has 164 valence electrons. The lowest BCUT2D eigenvalue weighted by Gasteiger charge is -2.35. The number of esters is 1. The van der Waals surface area contributed by atoms with Crippen LogP contribution < -0.4 is 4.74 Å². The third kappa shape index (κ3) is 5.38. The van der Waals surface area contributed by atoms with Crippen molar-refractivity contribution in [1.82, 2.24) is 9.80 Å². The van der Waals surface area contributed by atoms with E-state index in [9.17, 15) is 14.4 Å². The van der Waals surface area contributed by atoms with Gasteiger partial charge in [-0.15, -0.1) is 11.8 Å². The number of methoxy groups -OCH3 is 2. The van der Waals surface area contributed by atoms with E-state index in [1.165, 1.54) is 18.9 Å². The molecule has 0 aliphatic carbocycles. The van der Waals surface area contributed by atoms with Crippen molar-refractivity contribution in [1.29, 1.82) is 0 Å². The Hall–Kier alpha value is -3.00. The molecular formula is C23H26N2O5S. The number of hydrogen-bond donors (Lipinski definition) is 0. The summed E-state index contributed by atoms with van der Waals surface area (Å²) in [6.45, 7) is 3.58. The van der Waals surface area contributed by atoms with Crippen LogP contribution in [0.2, 0.25) is 0 Å². The van der Waals surface area contributed by atoms with E-state index in [0.717, 1.165) is 4.90 Å². The topological polar surface area (TPSA) is 76.2 Å². The van der Waals surface area contributed by atoms with Gasteiger partial charge in [0.25, 0.3) is 11.8 Å². The summed E-state index contributed by atoms with van der Waals surface area (Å²) in [5.41, 5.74) is 1.15. The zero-order valence-electron chi connectivity index (χ0n) is 17.9. The van der Waals surface area contributed by atoms with Crippen molar-refractivity contribution in [2.45, 2.75) is 17.1 Å². The molecule has 1 fully saturated rings. The smallest absolute Gasteiger partial charge is 0.318 e. The van der Waals surface area contributed by atoms with E-state index < -0.39 is 5.25 Å². The summed E-state index contributed by atoms with van der Waals surface area (Å²) in [6.07, 6.45) is 0. The first-order valence-electron chi connectivity index (χ1n) is 10.0. The predicted molar refractivity (Wildman–Crippen MR) is 119 cm³/mol. The molecule has 1 atom stereocenters. The van der Waals surface area contributed by atoms with Crippen molar-refractivity contribution in [3.63, 3.8) is 0 Å². The van der Waals surface area contributed by atoms with Gasteiger partial charge >= 0.3 is 5.97 Å². The molecular weight excluding hydrogens is 416 g/mol. The van der Waals surface area contributed by atoms with E-state index >= 15 is 0 Å². The fraction of sp³-hybridized carbons (Fsp3) is 0.348. The van der Waals surface area contributed by atoms with Crippen molar-refractivity contribution in [3.8, 4) is 5.75 Å². The summed E-state index contributed by atoms with van der Waals surface area (Å²) in [5, 5.41) is -0.419. The summed E-state index contributed by atoms with van der Waals surface area (Å²) in [6, 6.07) is 14.3. The van der Waals surface area contributed by atoms with Crippen LogP contribution >= 0.6 is 11.8 Å². The lowest BCUT2D eigenvalue weighted by Crippen LogP contribution is -2.50. The Morgan fingerprint density at radius 3 is 2.03 bits per heavy atom. The molecule has 1 saturated heterocycles. The largest absolute Gasteiger partial charge is 0.497 e. The standard InChI is InChI=1S/C23H26N2O5S/c1-16(23(28)30-3)31-20-7-5-4-6-19(20)22(27)25-14-12-24(13-15-25)21(26)17-8-10-18(29-2)11-9-17/h4-11,16H,12-15H2,1-3H3. The highest BCUT2D eigenvalue weighted by molar-refractivity contribution is 8.00. The maximum absolute atomic E-state index is 13.1. The highest BCUT2D eigenvalue weighted by atomic mass is 32.2. The number of rotatable bonds is 6. The van der Waals surface area contributed by atoms with Crippen LogP contribution in [-0.2, 0) is 9.53 Å². The van der Waals surface area contributed by atoms with E-state index in [1.807, 2.05) is 18.2 Å². The van der Waals surface area contributed by atoms with E-state index in [1.54, 1.807) is 54.2 Å². The molecule has 0 bridgehead atoms. The van der Waals surface area contributed by atoms with Gasteiger partial charge in [-0.1, -0.05) is 12.1 Å². The molecule has 1 aliphatic heterocycles. The number of hydrogen-bond acceptors (Lipinski definition) is 6. The molecule has 31 heavy (non-hydrogen) atoms. The average molecular weight is 443 g/mol. The van der Waals surface area contributed by atoms with Gasteiger partial charge in [-0.2, -0.15) is 0 Å². The highest BCUT2D eigenvalue weighted by Gasteiger charge is 2.27. The van der Waals surface area contributed by atoms with Gasteiger partial charge in [0.15, 0.2) is 0 Å². The van der Waals surface area contributed by atoms with Gasteiger partial charge in [0, 0.05) is 36.6 Å². The number of carbonyl (C=O) groups is 3. The minimum Gasteiger partial charge on any atom is -0.497 e. The summed E-state index contributed by atoms with van der Waals surface area (Å²) < 4.78 is 9.92. The molecule has 1 heterocycles. The van der Waals surface area contributed by atoms with Crippen LogP contribution in [0.4, 0.5) is 0 Å². The summed E-state index contributed by atoms with van der Waals surface area (Å²) >= 11 is 1.30. The van der Waals surface area contributed by atoms with Gasteiger partial charge in [0.05, 0.1) is 19.8 Å².